The molecule has 5 nitrogen and oxygen atoms in total. The van der Waals surface area contributed by atoms with Crippen LogP contribution in [0.15, 0.2) is 191 Å². The largest absolute Gasteiger partial charge is 0.468 e. The van der Waals surface area contributed by atoms with E-state index in [-0.39, 0.29) is 17.5 Å². The lowest BCUT2D eigenvalue weighted by atomic mass is 9.35. The Hall–Kier alpha value is -7.44. The van der Waals surface area contributed by atoms with Gasteiger partial charge in [0, 0.05) is 56.0 Å². The summed E-state index contributed by atoms with van der Waals surface area (Å²) in [6.07, 6.45) is 2.30. The second-order valence-corrected chi connectivity index (χ2v) is 19.1. The number of furan rings is 2. The van der Waals surface area contributed by atoms with Crippen molar-refractivity contribution in [2.45, 2.75) is 51.4 Å². The molecule has 8 aromatic carbocycles. The molecule has 0 saturated carbocycles. The molecule has 0 amide bonds. The SMILES string of the molecule is CC1(C)CCC(C)(C)c2cc(N3c4cc(N(c5ccccc5)c5ccccc5)ccc4B4c5oc6ccccc6c5N(c5cccc6c5oc5ccccc56)c5cccc3c54)ccc21. The molecule has 0 saturated heterocycles. The van der Waals surface area contributed by atoms with Gasteiger partial charge in [-0.05, 0) is 131 Å². The smallest absolute Gasteiger partial charge is 0.297 e. The molecule has 0 unspecified atom stereocenters. The summed E-state index contributed by atoms with van der Waals surface area (Å²) in [7, 11) is 0. The molecule has 0 spiro atoms. The Labute approximate surface area is 373 Å². The Morgan fingerprint density at radius 2 is 1.06 bits per heavy atom. The Balaban J connectivity index is 1.11. The van der Waals surface area contributed by atoms with Crippen LogP contribution >= 0.6 is 0 Å². The summed E-state index contributed by atoms with van der Waals surface area (Å²) in [6.45, 7) is 9.47. The van der Waals surface area contributed by atoms with Gasteiger partial charge in [0.05, 0.1) is 17.0 Å². The maximum Gasteiger partial charge on any atom is 0.297 e. The second kappa shape index (κ2) is 13.5. The van der Waals surface area contributed by atoms with Crippen molar-refractivity contribution in [2.75, 3.05) is 14.7 Å². The number of hydrogen-bond acceptors (Lipinski definition) is 5. The molecule has 3 aliphatic rings. The zero-order valence-electron chi connectivity index (χ0n) is 36.5. The lowest BCUT2D eigenvalue weighted by Crippen LogP contribution is -2.61. The van der Waals surface area contributed by atoms with E-state index in [0.29, 0.717) is 0 Å². The average Bonchev–Trinajstić information content (AvgIpc) is 3.90. The molecule has 308 valence electrons. The molecule has 10 aromatic rings. The molecule has 6 heteroatoms. The fourth-order valence-electron chi connectivity index (χ4n) is 11.2. The number of fused-ring (bicyclic) bond motifs is 10. The summed E-state index contributed by atoms with van der Waals surface area (Å²) in [5.74, 6) is 0. The first-order chi connectivity index (χ1) is 31.2. The van der Waals surface area contributed by atoms with Crippen molar-refractivity contribution in [1.29, 1.82) is 0 Å². The predicted octanol–water partition coefficient (Wildman–Crippen LogP) is 14.2. The number of nitrogens with zero attached hydrogens (tertiary/aromatic N) is 3. The molecule has 64 heavy (non-hydrogen) atoms. The van der Waals surface area contributed by atoms with Crippen molar-refractivity contribution in [2.24, 2.45) is 0 Å². The molecule has 0 radical (unpaired) electrons. The molecule has 0 bridgehead atoms. The van der Waals surface area contributed by atoms with Gasteiger partial charge in [-0.2, -0.15) is 0 Å². The highest BCUT2D eigenvalue weighted by molar-refractivity contribution is 7.00. The number of para-hydroxylation sites is 5. The Morgan fingerprint density at radius 1 is 0.469 bits per heavy atom. The summed E-state index contributed by atoms with van der Waals surface area (Å²) < 4.78 is 14.0. The molecule has 1 aliphatic carbocycles. The number of rotatable bonds is 5. The molecule has 4 heterocycles. The average molecular weight is 828 g/mol. The van der Waals surface area contributed by atoms with Crippen LogP contribution in [0, 0.1) is 0 Å². The minimum absolute atomic E-state index is 0.0304. The van der Waals surface area contributed by atoms with Crippen LogP contribution < -0.4 is 31.3 Å². The van der Waals surface area contributed by atoms with Crippen LogP contribution in [0.4, 0.5) is 51.2 Å². The second-order valence-electron chi connectivity index (χ2n) is 19.1. The van der Waals surface area contributed by atoms with Crippen LogP contribution in [0.25, 0.3) is 32.9 Å². The fraction of sp³-hybridized carbons (Fsp3) is 0.138. The third kappa shape index (κ3) is 5.32. The highest BCUT2D eigenvalue weighted by Crippen LogP contribution is 2.52. The van der Waals surface area contributed by atoms with E-state index in [0.717, 1.165) is 96.2 Å². The molecule has 2 aliphatic heterocycles. The van der Waals surface area contributed by atoms with Gasteiger partial charge >= 0.3 is 0 Å². The third-order valence-electron chi connectivity index (χ3n) is 14.5. The summed E-state index contributed by atoms with van der Waals surface area (Å²) in [5.41, 5.74) is 18.8. The van der Waals surface area contributed by atoms with Crippen molar-refractivity contribution in [3.8, 4) is 0 Å². The van der Waals surface area contributed by atoms with Gasteiger partial charge in [0.2, 0.25) is 0 Å². The van der Waals surface area contributed by atoms with Crippen molar-refractivity contribution in [3.05, 3.63) is 193 Å². The van der Waals surface area contributed by atoms with Crippen molar-refractivity contribution < 1.29 is 8.83 Å². The Kier molecular flexibility index (Phi) is 7.86. The van der Waals surface area contributed by atoms with Crippen LogP contribution in [0.2, 0.25) is 0 Å². The molecular weight excluding hydrogens is 781 g/mol. The fourth-order valence-corrected chi connectivity index (χ4v) is 11.2. The summed E-state index contributed by atoms with van der Waals surface area (Å²) in [5, 5.41) is 3.27. The van der Waals surface area contributed by atoms with E-state index in [9.17, 15) is 0 Å². The monoisotopic (exact) mass is 827 g/mol. The standard InChI is InChI=1S/C58H46BN3O2/c1-57(2)33-34-58(3,4)45-35-39(29-31-44(45)57)61-47-24-16-25-48-53(47)59(46-32-30-40(36-50(46)61)60(37-17-7-5-8-18-37)38-19-9-6-10-20-38)56-54(43-22-12-14-28-52(43)64-56)62(48)49-26-15-23-42-41-21-11-13-27-51(41)63-55(42)49/h5-32,35-36H,33-34H2,1-4H3. The highest BCUT2D eigenvalue weighted by atomic mass is 16.3. The van der Waals surface area contributed by atoms with E-state index in [1.54, 1.807) is 0 Å². The molecule has 0 N–H and O–H groups in total. The summed E-state index contributed by atoms with van der Waals surface area (Å²) >= 11 is 0. The quantitative estimate of drug-likeness (QED) is 0.162. The van der Waals surface area contributed by atoms with Gasteiger partial charge in [-0.25, -0.2) is 0 Å². The number of hydrogen-bond donors (Lipinski definition) is 0. The first kappa shape index (κ1) is 37.1. The van der Waals surface area contributed by atoms with Crippen molar-refractivity contribution in [3.63, 3.8) is 0 Å². The van der Waals surface area contributed by atoms with Crippen LogP contribution in [-0.4, -0.2) is 6.71 Å². The van der Waals surface area contributed by atoms with E-state index < -0.39 is 0 Å². The van der Waals surface area contributed by atoms with E-state index in [4.69, 9.17) is 8.83 Å². The molecule has 0 fully saturated rings. The van der Waals surface area contributed by atoms with Gasteiger partial charge in [0.25, 0.3) is 6.71 Å². The van der Waals surface area contributed by atoms with Gasteiger partial charge in [-0.1, -0.05) is 125 Å². The minimum atomic E-state index is -0.185. The number of anilines is 9. The maximum absolute atomic E-state index is 7.20. The van der Waals surface area contributed by atoms with Gasteiger partial charge < -0.3 is 23.5 Å². The van der Waals surface area contributed by atoms with E-state index in [2.05, 4.69) is 218 Å². The minimum Gasteiger partial charge on any atom is -0.468 e. The van der Waals surface area contributed by atoms with Gasteiger partial charge in [-0.15, -0.1) is 0 Å². The molecule has 0 atom stereocenters. The Bertz CT molecular complexity index is 3460. The molecule has 2 aromatic heterocycles. The zero-order chi connectivity index (χ0) is 42.9. The van der Waals surface area contributed by atoms with Gasteiger partial charge in [0.1, 0.15) is 11.2 Å². The predicted molar refractivity (Wildman–Crippen MR) is 267 cm³/mol. The highest BCUT2D eigenvalue weighted by Gasteiger charge is 2.47. The van der Waals surface area contributed by atoms with Crippen molar-refractivity contribution >= 4 is 107 Å². The zero-order valence-corrected chi connectivity index (χ0v) is 36.5. The van der Waals surface area contributed by atoms with Gasteiger partial charge in [-0.3, -0.25) is 0 Å². The lowest BCUT2D eigenvalue weighted by molar-refractivity contribution is 0.332. The van der Waals surface area contributed by atoms with Crippen LogP contribution in [0.3, 0.4) is 0 Å². The first-order valence-corrected chi connectivity index (χ1v) is 22.6. The van der Waals surface area contributed by atoms with Crippen LogP contribution in [-0.2, 0) is 10.8 Å². The molecule has 13 rings (SSSR count). The van der Waals surface area contributed by atoms with Crippen LogP contribution in [0.5, 0.6) is 0 Å². The van der Waals surface area contributed by atoms with E-state index in [1.807, 2.05) is 6.07 Å². The normalized spacial score (nSPS) is 15.5. The van der Waals surface area contributed by atoms with Crippen molar-refractivity contribution in [1.82, 2.24) is 0 Å². The first-order valence-electron chi connectivity index (χ1n) is 22.6. The van der Waals surface area contributed by atoms with Crippen LogP contribution in [0.1, 0.15) is 51.7 Å². The maximum atomic E-state index is 7.20. The topological polar surface area (TPSA) is 36.0 Å². The third-order valence-corrected chi connectivity index (χ3v) is 14.5. The van der Waals surface area contributed by atoms with E-state index in [1.165, 1.54) is 28.5 Å². The summed E-state index contributed by atoms with van der Waals surface area (Å²) in [4.78, 5) is 7.32. The van der Waals surface area contributed by atoms with E-state index >= 15 is 0 Å². The lowest BCUT2D eigenvalue weighted by Gasteiger charge is -2.44. The molecular formula is C58H46BN3O2. The number of benzene rings is 8. The Morgan fingerprint density at radius 3 is 1.80 bits per heavy atom. The van der Waals surface area contributed by atoms with Gasteiger partial charge in [0.15, 0.2) is 5.58 Å². The summed E-state index contributed by atoms with van der Waals surface area (Å²) in [6, 6.07) is 66.0.